The van der Waals surface area contributed by atoms with Crippen molar-refractivity contribution in [3.63, 3.8) is 0 Å². The predicted molar refractivity (Wildman–Crippen MR) is 58.9 cm³/mol. The van der Waals surface area contributed by atoms with E-state index in [-0.39, 0.29) is 11.9 Å². The Balaban J connectivity index is 1.97. The lowest BCUT2D eigenvalue weighted by molar-refractivity contribution is 0.471. The molecule has 3 N–H and O–H groups in total. The van der Waals surface area contributed by atoms with E-state index < -0.39 is 0 Å². The Morgan fingerprint density at radius 3 is 3.07 bits per heavy atom. The third-order valence-corrected chi connectivity index (χ3v) is 3.03. The van der Waals surface area contributed by atoms with Crippen LogP contribution in [0, 0.1) is 11.7 Å². The highest BCUT2D eigenvalue weighted by Gasteiger charge is 2.18. The van der Waals surface area contributed by atoms with Crippen LogP contribution in [-0.2, 0) is 0 Å². The van der Waals surface area contributed by atoms with E-state index in [0.29, 0.717) is 5.92 Å². The second kappa shape index (κ2) is 4.73. The molecule has 3 heteroatoms. The van der Waals surface area contributed by atoms with Gasteiger partial charge in [0.1, 0.15) is 5.82 Å². The Morgan fingerprint density at radius 2 is 2.40 bits per heavy atom. The standard InChI is InChI=1S/C12H17FN2/c13-11-3-1-2-10(7-11)12(14)6-9-4-5-15-8-9/h1-3,7,9,12,15H,4-6,8,14H2. The van der Waals surface area contributed by atoms with Crippen molar-refractivity contribution in [2.75, 3.05) is 13.1 Å². The highest BCUT2D eigenvalue weighted by molar-refractivity contribution is 5.19. The van der Waals surface area contributed by atoms with Crippen LogP contribution in [0.2, 0.25) is 0 Å². The van der Waals surface area contributed by atoms with E-state index in [2.05, 4.69) is 5.32 Å². The fourth-order valence-electron chi connectivity index (χ4n) is 2.15. The van der Waals surface area contributed by atoms with Gasteiger partial charge in [-0.2, -0.15) is 0 Å². The van der Waals surface area contributed by atoms with Gasteiger partial charge in [-0.15, -0.1) is 0 Å². The Kier molecular flexibility index (Phi) is 3.34. The van der Waals surface area contributed by atoms with Crippen molar-refractivity contribution in [3.8, 4) is 0 Å². The average molecular weight is 208 g/mol. The Morgan fingerprint density at radius 1 is 1.53 bits per heavy atom. The smallest absolute Gasteiger partial charge is 0.123 e. The molecule has 0 radical (unpaired) electrons. The van der Waals surface area contributed by atoms with Gasteiger partial charge >= 0.3 is 0 Å². The minimum atomic E-state index is -0.201. The van der Waals surface area contributed by atoms with Gasteiger partial charge in [0, 0.05) is 6.04 Å². The van der Waals surface area contributed by atoms with Crippen LogP contribution >= 0.6 is 0 Å². The zero-order valence-electron chi connectivity index (χ0n) is 8.75. The summed E-state index contributed by atoms with van der Waals surface area (Å²) in [6.45, 7) is 2.13. The maximum Gasteiger partial charge on any atom is 0.123 e. The molecule has 2 unspecified atom stereocenters. The molecule has 0 aliphatic carbocycles. The molecule has 0 spiro atoms. The maximum absolute atomic E-state index is 13.0. The van der Waals surface area contributed by atoms with Crippen molar-refractivity contribution >= 4 is 0 Å². The van der Waals surface area contributed by atoms with Crippen molar-refractivity contribution in [1.82, 2.24) is 5.32 Å². The van der Waals surface area contributed by atoms with Gasteiger partial charge in [-0.1, -0.05) is 12.1 Å². The van der Waals surface area contributed by atoms with E-state index in [9.17, 15) is 4.39 Å². The largest absolute Gasteiger partial charge is 0.324 e. The summed E-state index contributed by atoms with van der Waals surface area (Å²) < 4.78 is 13.0. The molecule has 0 saturated carbocycles. The quantitative estimate of drug-likeness (QED) is 0.795. The second-order valence-corrected chi connectivity index (χ2v) is 4.26. The molecule has 0 bridgehead atoms. The molecule has 82 valence electrons. The molecular formula is C12H17FN2. The Hall–Kier alpha value is -0.930. The van der Waals surface area contributed by atoms with Gasteiger partial charge in [0.25, 0.3) is 0 Å². The fraction of sp³-hybridized carbons (Fsp3) is 0.500. The molecule has 0 aromatic heterocycles. The summed E-state index contributed by atoms with van der Waals surface area (Å²) in [7, 11) is 0. The molecule has 15 heavy (non-hydrogen) atoms. The highest BCUT2D eigenvalue weighted by Crippen LogP contribution is 2.23. The molecule has 1 aromatic carbocycles. The van der Waals surface area contributed by atoms with E-state index in [1.54, 1.807) is 6.07 Å². The molecule has 1 aromatic rings. The first-order chi connectivity index (χ1) is 7.25. The van der Waals surface area contributed by atoms with Gasteiger partial charge in [0.2, 0.25) is 0 Å². The first-order valence-corrected chi connectivity index (χ1v) is 5.47. The third-order valence-electron chi connectivity index (χ3n) is 3.03. The zero-order chi connectivity index (χ0) is 10.7. The highest BCUT2D eigenvalue weighted by atomic mass is 19.1. The van der Waals surface area contributed by atoms with E-state index in [1.165, 1.54) is 18.6 Å². The molecule has 2 rings (SSSR count). The predicted octanol–water partition coefficient (Wildman–Crippen LogP) is 1.83. The van der Waals surface area contributed by atoms with Crippen molar-refractivity contribution < 1.29 is 4.39 Å². The summed E-state index contributed by atoms with van der Waals surface area (Å²) in [5.74, 6) is 0.441. The monoisotopic (exact) mass is 208 g/mol. The first kappa shape index (κ1) is 10.6. The van der Waals surface area contributed by atoms with Crippen LogP contribution in [0.3, 0.4) is 0 Å². The molecule has 2 atom stereocenters. The lowest BCUT2D eigenvalue weighted by Gasteiger charge is -2.16. The zero-order valence-corrected chi connectivity index (χ0v) is 8.75. The van der Waals surface area contributed by atoms with Gasteiger partial charge in [-0.25, -0.2) is 4.39 Å². The minimum absolute atomic E-state index is 0.0365. The third kappa shape index (κ3) is 2.76. The first-order valence-electron chi connectivity index (χ1n) is 5.47. The summed E-state index contributed by atoms with van der Waals surface area (Å²) in [6, 6.07) is 6.57. The van der Waals surface area contributed by atoms with Gasteiger partial charge in [0.15, 0.2) is 0 Å². The summed E-state index contributed by atoms with van der Waals surface area (Å²) >= 11 is 0. The number of hydrogen-bond acceptors (Lipinski definition) is 2. The second-order valence-electron chi connectivity index (χ2n) is 4.26. The topological polar surface area (TPSA) is 38.0 Å². The fourth-order valence-corrected chi connectivity index (χ4v) is 2.15. The van der Waals surface area contributed by atoms with E-state index in [1.807, 2.05) is 6.07 Å². The molecular weight excluding hydrogens is 191 g/mol. The number of hydrogen-bond donors (Lipinski definition) is 2. The van der Waals surface area contributed by atoms with E-state index in [4.69, 9.17) is 5.73 Å². The van der Waals surface area contributed by atoms with E-state index >= 15 is 0 Å². The summed E-state index contributed by atoms with van der Waals surface area (Å²) in [6.07, 6.45) is 2.12. The summed E-state index contributed by atoms with van der Waals surface area (Å²) in [5, 5.41) is 3.31. The van der Waals surface area contributed by atoms with Crippen molar-refractivity contribution in [1.29, 1.82) is 0 Å². The lowest BCUT2D eigenvalue weighted by Crippen LogP contribution is -2.17. The number of halogens is 1. The van der Waals surface area contributed by atoms with Gasteiger partial charge in [-0.3, -0.25) is 0 Å². The summed E-state index contributed by atoms with van der Waals surface area (Å²) in [5.41, 5.74) is 6.95. The van der Waals surface area contributed by atoms with Crippen LogP contribution in [-0.4, -0.2) is 13.1 Å². The van der Waals surface area contributed by atoms with Crippen LogP contribution in [0.25, 0.3) is 0 Å². The number of benzene rings is 1. The number of nitrogens with one attached hydrogen (secondary N) is 1. The van der Waals surface area contributed by atoms with Crippen LogP contribution in [0.5, 0.6) is 0 Å². The van der Waals surface area contributed by atoms with Gasteiger partial charge < -0.3 is 11.1 Å². The number of nitrogens with two attached hydrogens (primary N) is 1. The molecule has 0 amide bonds. The molecule has 1 aliphatic heterocycles. The van der Waals surface area contributed by atoms with Crippen LogP contribution in [0.1, 0.15) is 24.4 Å². The molecule has 1 saturated heterocycles. The Bertz CT molecular complexity index is 321. The van der Waals surface area contributed by atoms with Gasteiger partial charge in [-0.05, 0) is 49.5 Å². The van der Waals surface area contributed by atoms with Crippen molar-refractivity contribution in [3.05, 3.63) is 35.6 Å². The summed E-state index contributed by atoms with van der Waals surface area (Å²) in [4.78, 5) is 0. The SMILES string of the molecule is NC(CC1CCNC1)c1cccc(F)c1. The normalized spacial score (nSPS) is 22.9. The maximum atomic E-state index is 13.0. The lowest BCUT2D eigenvalue weighted by atomic mass is 9.95. The molecule has 1 aliphatic rings. The minimum Gasteiger partial charge on any atom is -0.324 e. The van der Waals surface area contributed by atoms with Gasteiger partial charge in [0.05, 0.1) is 0 Å². The number of rotatable bonds is 3. The van der Waals surface area contributed by atoms with Crippen LogP contribution < -0.4 is 11.1 Å². The Labute approximate surface area is 89.7 Å². The molecule has 1 heterocycles. The average Bonchev–Trinajstić information content (AvgIpc) is 2.70. The van der Waals surface area contributed by atoms with Crippen molar-refractivity contribution in [2.45, 2.75) is 18.9 Å². The van der Waals surface area contributed by atoms with Crippen molar-refractivity contribution in [2.24, 2.45) is 11.7 Å². The molecule has 1 fully saturated rings. The van der Waals surface area contributed by atoms with E-state index in [0.717, 1.165) is 25.1 Å². The molecule has 2 nitrogen and oxygen atoms in total. The van der Waals surface area contributed by atoms with Crippen LogP contribution in [0.15, 0.2) is 24.3 Å². The van der Waals surface area contributed by atoms with Crippen LogP contribution in [0.4, 0.5) is 4.39 Å².